The fourth-order valence-corrected chi connectivity index (χ4v) is 3.48. The average Bonchev–Trinajstić information content (AvgIpc) is 2.37. The summed E-state index contributed by atoms with van der Waals surface area (Å²) in [5.74, 6) is -2.57. The van der Waals surface area contributed by atoms with Gasteiger partial charge in [-0.3, -0.25) is 4.57 Å². The van der Waals surface area contributed by atoms with Crippen molar-refractivity contribution in [3.8, 4) is 5.75 Å². The predicted molar refractivity (Wildman–Crippen MR) is 67.5 cm³/mol. The monoisotopic (exact) mass is 287 g/mol. The largest absolute Gasteiger partial charge is 0.550 e. The van der Waals surface area contributed by atoms with Crippen molar-refractivity contribution in [3.63, 3.8) is 0 Å². The zero-order chi connectivity index (χ0) is 14.6. The second-order valence-corrected chi connectivity index (χ2v) is 6.95. The first kappa shape index (κ1) is 15.7. The second kappa shape index (κ2) is 6.19. The van der Waals surface area contributed by atoms with Crippen molar-refractivity contribution in [3.05, 3.63) is 29.8 Å². The molecule has 0 aliphatic carbocycles. The standard InChI is InChI=1S/C12H18NO5P/c1-8(12(14)15)7-19(16,17)11(13)9-3-5-10(18-2)6-4-9/h3-6,8,11H,7,13H2,1-2H3,(H,14,15)(H,16,17)/t8-,11+/m0/s1. The Kier molecular flexibility index (Phi) is 5.11. The topological polar surface area (TPSA) is 114 Å². The quantitative estimate of drug-likeness (QED) is 0.690. The number of quaternary nitrogens is 1. The minimum absolute atomic E-state index is 0.352. The van der Waals surface area contributed by atoms with Gasteiger partial charge in [-0.1, -0.05) is 6.92 Å². The number of carbonyl (C=O) groups excluding carboxylic acids is 1. The van der Waals surface area contributed by atoms with E-state index in [1.165, 1.54) is 14.0 Å². The molecule has 0 bridgehead atoms. The highest BCUT2D eigenvalue weighted by molar-refractivity contribution is 7.58. The zero-order valence-electron chi connectivity index (χ0n) is 10.9. The third-order valence-electron chi connectivity index (χ3n) is 2.93. The Morgan fingerprint density at radius 3 is 2.42 bits per heavy atom. The van der Waals surface area contributed by atoms with Crippen LogP contribution in [0.4, 0.5) is 0 Å². The summed E-state index contributed by atoms with van der Waals surface area (Å²) >= 11 is 0. The minimum atomic E-state index is -3.71. The summed E-state index contributed by atoms with van der Waals surface area (Å²) in [7, 11) is -2.19. The molecule has 0 aliphatic heterocycles. The summed E-state index contributed by atoms with van der Waals surface area (Å²) < 4.78 is 17.1. The highest BCUT2D eigenvalue weighted by Gasteiger charge is 2.34. The van der Waals surface area contributed by atoms with Crippen LogP contribution in [-0.4, -0.2) is 24.1 Å². The third kappa shape index (κ3) is 4.06. The Morgan fingerprint density at radius 2 is 2.00 bits per heavy atom. The first-order chi connectivity index (χ1) is 8.77. The zero-order valence-corrected chi connectivity index (χ0v) is 11.8. The lowest BCUT2D eigenvalue weighted by Crippen LogP contribution is -2.53. The van der Waals surface area contributed by atoms with Crippen LogP contribution < -0.4 is 15.6 Å². The highest BCUT2D eigenvalue weighted by atomic mass is 31.2. The van der Waals surface area contributed by atoms with Crippen LogP contribution in [0.5, 0.6) is 5.75 Å². The van der Waals surface area contributed by atoms with E-state index < -0.39 is 25.0 Å². The van der Waals surface area contributed by atoms with E-state index in [0.29, 0.717) is 11.3 Å². The van der Waals surface area contributed by atoms with E-state index in [2.05, 4.69) is 5.73 Å². The number of benzene rings is 1. The Balaban J connectivity index is 2.87. The van der Waals surface area contributed by atoms with Gasteiger partial charge in [0.25, 0.3) is 7.37 Å². The van der Waals surface area contributed by atoms with Gasteiger partial charge >= 0.3 is 0 Å². The molecule has 0 amide bonds. The molecule has 4 N–H and O–H groups in total. The fraction of sp³-hybridized carbons (Fsp3) is 0.417. The highest BCUT2D eigenvalue weighted by Crippen LogP contribution is 2.52. The molecule has 0 fully saturated rings. The average molecular weight is 287 g/mol. The van der Waals surface area contributed by atoms with Crippen molar-refractivity contribution in [2.45, 2.75) is 12.7 Å². The number of hydrogen-bond donors (Lipinski definition) is 2. The SMILES string of the molecule is COc1ccc([C@H]([NH3+])P(=O)(O)C[C@H](C)C(=O)[O-])cc1. The lowest BCUT2D eigenvalue weighted by molar-refractivity contribution is -0.397. The molecule has 0 radical (unpaired) electrons. The van der Waals surface area contributed by atoms with E-state index >= 15 is 0 Å². The van der Waals surface area contributed by atoms with Gasteiger partial charge < -0.3 is 25.3 Å². The molecule has 0 aromatic heterocycles. The number of aliphatic carboxylic acids is 1. The molecule has 0 saturated heterocycles. The first-order valence-electron chi connectivity index (χ1n) is 5.77. The number of carboxylic acid groups (broad SMARTS) is 1. The van der Waals surface area contributed by atoms with E-state index in [1.54, 1.807) is 24.3 Å². The van der Waals surface area contributed by atoms with Gasteiger partial charge in [-0.25, -0.2) is 0 Å². The molecule has 1 unspecified atom stereocenters. The summed E-state index contributed by atoms with van der Waals surface area (Å²) in [5, 5.41) is 10.6. The summed E-state index contributed by atoms with van der Waals surface area (Å²) in [6.45, 7) is 1.35. The van der Waals surface area contributed by atoms with Crippen LogP contribution in [0, 0.1) is 5.92 Å². The van der Waals surface area contributed by atoms with Crippen molar-refractivity contribution < 1.29 is 29.8 Å². The summed E-state index contributed by atoms with van der Waals surface area (Å²) in [6.07, 6.45) is -0.352. The van der Waals surface area contributed by atoms with Crippen LogP contribution in [-0.2, 0) is 9.36 Å². The number of carboxylic acids is 1. The van der Waals surface area contributed by atoms with Gasteiger partial charge in [-0.15, -0.1) is 0 Å². The predicted octanol–water partition coefficient (Wildman–Crippen LogP) is -0.408. The number of methoxy groups -OCH3 is 1. The summed E-state index contributed by atoms with van der Waals surface area (Å²) in [6, 6.07) is 6.61. The van der Waals surface area contributed by atoms with Crippen LogP contribution >= 0.6 is 7.37 Å². The second-order valence-electron chi connectivity index (χ2n) is 4.45. The number of hydrogen-bond acceptors (Lipinski definition) is 4. The lowest BCUT2D eigenvalue weighted by Gasteiger charge is -2.20. The van der Waals surface area contributed by atoms with Crippen LogP contribution in [0.15, 0.2) is 24.3 Å². The lowest BCUT2D eigenvalue weighted by atomic mass is 10.2. The van der Waals surface area contributed by atoms with E-state index in [0.717, 1.165) is 0 Å². The molecule has 1 aromatic carbocycles. The van der Waals surface area contributed by atoms with Crippen LogP contribution in [0.3, 0.4) is 0 Å². The number of carbonyl (C=O) groups is 1. The molecule has 0 spiro atoms. The van der Waals surface area contributed by atoms with Crippen LogP contribution in [0.1, 0.15) is 18.3 Å². The maximum absolute atomic E-state index is 12.2. The first-order valence-corrected chi connectivity index (χ1v) is 7.68. The Bertz CT molecular complexity index is 487. The molecule has 1 aromatic rings. The van der Waals surface area contributed by atoms with E-state index in [1.807, 2.05) is 0 Å². The molecule has 7 heteroatoms. The van der Waals surface area contributed by atoms with Gasteiger partial charge in [0.2, 0.25) is 0 Å². The number of rotatable bonds is 6. The molecular formula is C12H18NO5P. The van der Waals surface area contributed by atoms with Crippen molar-refractivity contribution in [2.24, 2.45) is 5.92 Å². The van der Waals surface area contributed by atoms with Crippen molar-refractivity contribution in [2.75, 3.05) is 13.3 Å². The van der Waals surface area contributed by atoms with Crippen molar-refractivity contribution in [1.82, 2.24) is 0 Å². The molecule has 6 nitrogen and oxygen atoms in total. The smallest absolute Gasteiger partial charge is 0.261 e. The van der Waals surface area contributed by atoms with Gasteiger partial charge in [-0.2, -0.15) is 0 Å². The van der Waals surface area contributed by atoms with Gasteiger partial charge in [-0.05, 0) is 24.3 Å². The summed E-state index contributed by atoms with van der Waals surface area (Å²) in [5.41, 5.74) is 4.25. The third-order valence-corrected chi connectivity index (χ3v) is 5.27. The number of ether oxygens (including phenoxy) is 1. The van der Waals surface area contributed by atoms with E-state index in [4.69, 9.17) is 4.74 Å². The van der Waals surface area contributed by atoms with E-state index in [9.17, 15) is 19.4 Å². The Hall–Kier alpha value is -1.36. The Labute approximate surface area is 111 Å². The fourth-order valence-electron chi connectivity index (χ4n) is 1.65. The molecule has 19 heavy (non-hydrogen) atoms. The maximum atomic E-state index is 12.2. The normalized spacial score (nSPS) is 17.3. The Morgan fingerprint density at radius 1 is 1.47 bits per heavy atom. The van der Waals surface area contributed by atoms with Gasteiger partial charge in [0, 0.05) is 23.6 Å². The molecular weight excluding hydrogens is 269 g/mol. The molecule has 3 atom stereocenters. The van der Waals surface area contributed by atoms with Crippen molar-refractivity contribution >= 4 is 13.3 Å². The van der Waals surface area contributed by atoms with E-state index in [-0.39, 0.29) is 6.16 Å². The minimum Gasteiger partial charge on any atom is -0.550 e. The van der Waals surface area contributed by atoms with Crippen LogP contribution in [0.25, 0.3) is 0 Å². The van der Waals surface area contributed by atoms with Crippen molar-refractivity contribution in [1.29, 1.82) is 0 Å². The van der Waals surface area contributed by atoms with Gasteiger partial charge in [0.15, 0.2) is 5.78 Å². The molecule has 0 aliphatic rings. The molecule has 106 valence electrons. The van der Waals surface area contributed by atoms with Gasteiger partial charge in [0.1, 0.15) is 5.75 Å². The summed E-state index contributed by atoms with van der Waals surface area (Å²) in [4.78, 5) is 20.6. The van der Waals surface area contributed by atoms with Gasteiger partial charge in [0.05, 0.1) is 7.11 Å². The van der Waals surface area contributed by atoms with Crippen LogP contribution in [0.2, 0.25) is 0 Å². The molecule has 1 rings (SSSR count). The maximum Gasteiger partial charge on any atom is 0.261 e. The molecule has 0 heterocycles. The molecule has 0 saturated carbocycles.